The van der Waals surface area contributed by atoms with E-state index in [1.165, 1.54) is 12.1 Å². The molecule has 0 saturated heterocycles. The van der Waals surface area contributed by atoms with Crippen molar-refractivity contribution in [2.75, 3.05) is 6.61 Å². The van der Waals surface area contributed by atoms with Gasteiger partial charge in [0.1, 0.15) is 0 Å². The smallest absolute Gasteiger partial charge is 0.200 e. The third-order valence-corrected chi connectivity index (χ3v) is 2.31. The van der Waals surface area contributed by atoms with Crippen molar-refractivity contribution in [2.24, 2.45) is 5.92 Å². The molecule has 0 atom stereocenters. The number of rotatable bonds is 3. The summed E-state index contributed by atoms with van der Waals surface area (Å²) in [6, 6.07) is 2.69. The molecule has 0 bridgehead atoms. The van der Waals surface area contributed by atoms with Crippen LogP contribution >= 0.6 is 0 Å². The van der Waals surface area contributed by atoms with E-state index in [2.05, 4.69) is 0 Å². The van der Waals surface area contributed by atoms with Crippen LogP contribution in [0.3, 0.4) is 0 Å². The summed E-state index contributed by atoms with van der Waals surface area (Å²) in [4.78, 5) is 0. The molecule has 0 amide bonds. The van der Waals surface area contributed by atoms with E-state index in [4.69, 9.17) is 4.74 Å². The van der Waals surface area contributed by atoms with Gasteiger partial charge in [-0.25, -0.2) is 4.39 Å². The summed E-state index contributed by atoms with van der Waals surface area (Å²) < 4.78 is 31.3. The lowest BCUT2D eigenvalue weighted by Gasteiger charge is -2.07. The molecule has 1 saturated carbocycles. The Morgan fingerprint density at radius 2 is 2.07 bits per heavy atom. The van der Waals surface area contributed by atoms with Gasteiger partial charge in [0.2, 0.25) is 5.82 Å². The van der Waals surface area contributed by atoms with E-state index in [1.54, 1.807) is 6.92 Å². The zero-order valence-electron chi connectivity index (χ0n) is 8.02. The second-order valence-electron chi connectivity index (χ2n) is 3.81. The maximum atomic E-state index is 13.2. The average molecular weight is 198 g/mol. The quantitative estimate of drug-likeness (QED) is 0.725. The maximum absolute atomic E-state index is 13.2. The Labute approximate surface area is 81.7 Å². The van der Waals surface area contributed by atoms with Gasteiger partial charge >= 0.3 is 0 Å². The summed E-state index contributed by atoms with van der Waals surface area (Å²) in [5.74, 6) is -1.14. The van der Waals surface area contributed by atoms with Gasteiger partial charge in [-0.3, -0.25) is 0 Å². The third kappa shape index (κ3) is 2.03. The minimum absolute atomic E-state index is 0.0365. The lowest BCUT2D eigenvalue weighted by atomic mass is 10.2. The summed E-state index contributed by atoms with van der Waals surface area (Å²) in [6.07, 6.45) is 2.27. The van der Waals surface area contributed by atoms with Crippen LogP contribution in [0.5, 0.6) is 5.75 Å². The second kappa shape index (κ2) is 3.56. The second-order valence-corrected chi connectivity index (χ2v) is 3.81. The summed E-state index contributed by atoms with van der Waals surface area (Å²) in [6.45, 7) is 2.21. The van der Waals surface area contributed by atoms with Gasteiger partial charge in [-0.2, -0.15) is 4.39 Å². The normalized spacial score (nSPS) is 15.6. The highest BCUT2D eigenvalue weighted by Gasteiger charge is 2.23. The molecule has 1 fully saturated rings. The monoisotopic (exact) mass is 198 g/mol. The van der Waals surface area contributed by atoms with Crippen LogP contribution in [0.2, 0.25) is 0 Å². The van der Waals surface area contributed by atoms with Crippen molar-refractivity contribution >= 4 is 0 Å². The molecule has 14 heavy (non-hydrogen) atoms. The molecule has 0 unspecified atom stereocenters. The van der Waals surface area contributed by atoms with E-state index < -0.39 is 11.6 Å². The van der Waals surface area contributed by atoms with Crippen LogP contribution in [0.1, 0.15) is 18.4 Å². The standard InChI is InChI=1S/C11H12F2O/c1-7-4-9(12)11(13)10(5-7)14-6-8-2-3-8/h4-5,8H,2-3,6H2,1H3. The Bertz CT molecular complexity index is 345. The van der Waals surface area contributed by atoms with Crippen LogP contribution in [-0.2, 0) is 0 Å². The zero-order chi connectivity index (χ0) is 10.1. The van der Waals surface area contributed by atoms with Crippen LogP contribution in [-0.4, -0.2) is 6.61 Å². The molecule has 0 aromatic heterocycles. The van der Waals surface area contributed by atoms with Crippen molar-refractivity contribution in [2.45, 2.75) is 19.8 Å². The first-order chi connectivity index (χ1) is 6.66. The van der Waals surface area contributed by atoms with Gasteiger partial charge in [0, 0.05) is 0 Å². The fourth-order valence-electron chi connectivity index (χ4n) is 1.29. The minimum atomic E-state index is -0.878. The largest absolute Gasteiger partial charge is 0.490 e. The van der Waals surface area contributed by atoms with Crippen LogP contribution in [0.4, 0.5) is 8.78 Å². The predicted octanol–water partition coefficient (Wildman–Crippen LogP) is 3.06. The SMILES string of the molecule is Cc1cc(F)c(F)c(OCC2CC2)c1. The molecule has 1 aliphatic rings. The molecule has 1 aromatic carbocycles. The molecule has 3 heteroatoms. The van der Waals surface area contributed by atoms with E-state index in [0.29, 0.717) is 18.1 Å². The van der Waals surface area contributed by atoms with Crippen LogP contribution in [0.15, 0.2) is 12.1 Å². The van der Waals surface area contributed by atoms with E-state index >= 15 is 0 Å². The van der Waals surface area contributed by atoms with E-state index in [9.17, 15) is 8.78 Å². The molecular formula is C11H12F2O. The first-order valence-corrected chi connectivity index (χ1v) is 4.75. The number of benzene rings is 1. The highest BCUT2D eigenvalue weighted by molar-refractivity contribution is 5.30. The Balaban J connectivity index is 2.13. The van der Waals surface area contributed by atoms with Gasteiger partial charge in [-0.1, -0.05) is 0 Å². The molecular weight excluding hydrogens is 186 g/mol. The molecule has 0 N–H and O–H groups in total. The maximum Gasteiger partial charge on any atom is 0.200 e. The number of hydrogen-bond donors (Lipinski definition) is 0. The van der Waals surface area contributed by atoms with Gasteiger partial charge in [-0.15, -0.1) is 0 Å². The Kier molecular flexibility index (Phi) is 2.40. The van der Waals surface area contributed by atoms with Crippen molar-refractivity contribution in [3.63, 3.8) is 0 Å². The molecule has 0 spiro atoms. The molecule has 1 aromatic rings. The van der Waals surface area contributed by atoms with Gasteiger partial charge in [0.25, 0.3) is 0 Å². The van der Waals surface area contributed by atoms with Gasteiger partial charge < -0.3 is 4.74 Å². The fourth-order valence-corrected chi connectivity index (χ4v) is 1.29. The lowest BCUT2D eigenvalue weighted by Crippen LogP contribution is -2.02. The van der Waals surface area contributed by atoms with Gasteiger partial charge in [0.15, 0.2) is 11.6 Å². The topological polar surface area (TPSA) is 9.23 Å². The summed E-state index contributed by atoms with van der Waals surface area (Å²) >= 11 is 0. The fraction of sp³-hybridized carbons (Fsp3) is 0.455. The van der Waals surface area contributed by atoms with Crippen molar-refractivity contribution in [1.82, 2.24) is 0 Å². The van der Waals surface area contributed by atoms with Crippen molar-refractivity contribution in [3.05, 3.63) is 29.3 Å². The Morgan fingerprint density at radius 1 is 1.36 bits per heavy atom. The Morgan fingerprint density at radius 3 is 2.71 bits per heavy atom. The number of aryl methyl sites for hydroxylation is 1. The average Bonchev–Trinajstić information content (AvgIpc) is 2.92. The predicted molar refractivity (Wildman–Crippen MR) is 49.3 cm³/mol. The molecule has 0 aliphatic heterocycles. The van der Waals surface area contributed by atoms with E-state index in [0.717, 1.165) is 12.8 Å². The highest BCUT2D eigenvalue weighted by Crippen LogP contribution is 2.30. The molecule has 2 rings (SSSR count). The molecule has 0 heterocycles. The third-order valence-electron chi connectivity index (χ3n) is 2.31. The molecule has 76 valence electrons. The first-order valence-electron chi connectivity index (χ1n) is 4.75. The minimum Gasteiger partial charge on any atom is -0.490 e. The summed E-state index contributed by atoms with van der Waals surface area (Å²) in [5, 5.41) is 0. The Hall–Kier alpha value is -1.12. The molecule has 1 aliphatic carbocycles. The summed E-state index contributed by atoms with van der Waals surface area (Å²) in [5.41, 5.74) is 0.676. The first kappa shape index (κ1) is 9.44. The highest BCUT2D eigenvalue weighted by atomic mass is 19.2. The van der Waals surface area contributed by atoms with Gasteiger partial charge in [0.05, 0.1) is 6.61 Å². The summed E-state index contributed by atoms with van der Waals surface area (Å²) in [7, 11) is 0. The number of hydrogen-bond acceptors (Lipinski definition) is 1. The van der Waals surface area contributed by atoms with E-state index in [-0.39, 0.29) is 5.75 Å². The lowest BCUT2D eigenvalue weighted by molar-refractivity contribution is 0.280. The van der Waals surface area contributed by atoms with Crippen molar-refractivity contribution < 1.29 is 13.5 Å². The number of ether oxygens (including phenoxy) is 1. The van der Waals surface area contributed by atoms with E-state index in [1.807, 2.05) is 0 Å². The van der Waals surface area contributed by atoms with Gasteiger partial charge in [-0.05, 0) is 43.4 Å². The van der Waals surface area contributed by atoms with Crippen LogP contribution in [0, 0.1) is 24.5 Å². The van der Waals surface area contributed by atoms with Crippen molar-refractivity contribution in [3.8, 4) is 5.75 Å². The van der Waals surface area contributed by atoms with Crippen LogP contribution < -0.4 is 4.74 Å². The van der Waals surface area contributed by atoms with Crippen molar-refractivity contribution in [1.29, 1.82) is 0 Å². The van der Waals surface area contributed by atoms with Crippen LogP contribution in [0.25, 0.3) is 0 Å². The zero-order valence-corrected chi connectivity index (χ0v) is 8.02. The number of halogens is 2. The molecule has 1 nitrogen and oxygen atoms in total. The molecule has 0 radical (unpaired) electrons.